The number of nitrogens with one attached hydrogen (secondary N) is 1. The van der Waals surface area contributed by atoms with E-state index in [2.05, 4.69) is 5.32 Å². The van der Waals surface area contributed by atoms with Crippen LogP contribution in [-0.2, 0) is 9.59 Å². The molecule has 7 nitrogen and oxygen atoms in total. The minimum atomic E-state index is -1.02. The molecule has 0 aliphatic carbocycles. The summed E-state index contributed by atoms with van der Waals surface area (Å²) in [6, 6.07) is 6.19. The summed E-state index contributed by atoms with van der Waals surface area (Å²) in [6.07, 6.45) is 0. The maximum absolute atomic E-state index is 12.0. The van der Waals surface area contributed by atoms with Crippen molar-refractivity contribution >= 4 is 29.2 Å². The second kappa shape index (κ2) is 5.08. The summed E-state index contributed by atoms with van der Waals surface area (Å²) < 4.78 is 0. The molecule has 0 radical (unpaired) electrons. The predicted octanol–water partition coefficient (Wildman–Crippen LogP) is 0.880. The van der Waals surface area contributed by atoms with Gasteiger partial charge in [0.05, 0.1) is 0 Å². The summed E-state index contributed by atoms with van der Waals surface area (Å²) in [5, 5.41) is 2.67. The fourth-order valence-electron chi connectivity index (χ4n) is 2.21. The van der Waals surface area contributed by atoms with E-state index in [0.29, 0.717) is 11.4 Å². The number of carbonyl (C=O) groups is 3. The van der Waals surface area contributed by atoms with Gasteiger partial charge < -0.3 is 16.0 Å². The van der Waals surface area contributed by atoms with E-state index in [1.54, 1.807) is 38.1 Å². The van der Waals surface area contributed by atoms with Crippen LogP contribution in [0.5, 0.6) is 0 Å². The molecule has 0 unspecified atom stereocenters. The highest BCUT2D eigenvalue weighted by atomic mass is 16.2. The Balaban J connectivity index is 2.07. The van der Waals surface area contributed by atoms with Crippen molar-refractivity contribution < 1.29 is 14.4 Å². The van der Waals surface area contributed by atoms with Gasteiger partial charge in [0.25, 0.3) is 5.91 Å². The Morgan fingerprint density at radius 1 is 1.24 bits per heavy atom. The molecule has 1 saturated heterocycles. The maximum atomic E-state index is 12.0. The standard InChI is InChI=1S/C14H18N4O3/c1-14(2)12(20)17(3)13(21)18(14)8-11(19)16-10-6-4-9(15)5-7-10/h4-7H,8,15H2,1-3H3,(H,16,19). The number of nitrogen functional groups attached to an aromatic ring is 1. The first-order chi connectivity index (χ1) is 9.73. The zero-order chi connectivity index (χ0) is 15.8. The third-order valence-corrected chi connectivity index (χ3v) is 3.52. The van der Waals surface area contributed by atoms with Gasteiger partial charge in [-0.1, -0.05) is 0 Å². The van der Waals surface area contributed by atoms with Crippen molar-refractivity contribution in [1.82, 2.24) is 9.80 Å². The van der Waals surface area contributed by atoms with Gasteiger partial charge in [-0.3, -0.25) is 14.5 Å². The van der Waals surface area contributed by atoms with Crippen molar-refractivity contribution in [3.05, 3.63) is 24.3 Å². The van der Waals surface area contributed by atoms with Gasteiger partial charge in [0, 0.05) is 18.4 Å². The van der Waals surface area contributed by atoms with E-state index in [9.17, 15) is 14.4 Å². The van der Waals surface area contributed by atoms with Crippen LogP contribution in [0.3, 0.4) is 0 Å². The topological polar surface area (TPSA) is 95.7 Å². The molecule has 1 heterocycles. The molecule has 21 heavy (non-hydrogen) atoms. The number of anilines is 2. The Labute approximate surface area is 122 Å². The quantitative estimate of drug-likeness (QED) is 0.638. The second-order valence-corrected chi connectivity index (χ2v) is 5.46. The highest BCUT2D eigenvalue weighted by Gasteiger charge is 2.50. The van der Waals surface area contributed by atoms with Crippen LogP contribution in [0.2, 0.25) is 0 Å². The van der Waals surface area contributed by atoms with Gasteiger partial charge in [-0.05, 0) is 38.1 Å². The molecule has 1 fully saturated rings. The Morgan fingerprint density at radius 3 is 2.29 bits per heavy atom. The van der Waals surface area contributed by atoms with Crippen LogP contribution in [0.4, 0.5) is 16.2 Å². The number of imide groups is 1. The molecule has 0 spiro atoms. The van der Waals surface area contributed by atoms with Crippen molar-refractivity contribution in [2.45, 2.75) is 19.4 Å². The minimum absolute atomic E-state index is 0.188. The van der Waals surface area contributed by atoms with Crippen LogP contribution >= 0.6 is 0 Å². The molecule has 3 N–H and O–H groups in total. The summed E-state index contributed by atoms with van der Waals surface area (Å²) in [5.41, 5.74) is 5.72. The normalized spacial score (nSPS) is 17.3. The van der Waals surface area contributed by atoms with Crippen LogP contribution in [0.15, 0.2) is 24.3 Å². The zero-order valence-corrected chi connectivity index (χ0v) is 12.2. The number of urea groups is 1. The second-order valence-electron chi connectivity index (χ2n) is 5.46. The lowest BCUT2D eigenvalue weighted by molar-refractivity contribution is -0.131. The average molecular weight is 290 g/mol. The van der Waals surface area contributed by atoms with Gasteiger partial charge in [0.15, 0.2) is 0 Å². The Kier molecular flexibility index (Phi) is 3.59. The number of likely N-dealkylation sites (N-methyl/N-ethyl adjacent to an activating group) is 1. The highest BCUT2D eigenvalue weighted by Crippen LogP contribution is 2.26. The Morgan fingerprint density at radius 2 is 1.81 bits per heavy atom. The van der Waals surface area contributed by atoms with E-state index in [4.69, 9.17) is 5.73 Å². The number of hydrogen-bond donors (Lipinski definition) is 2. The summed E-state index contributed by atoms with van der Waals surface area (Å²) in [6.45, 7) is 3.05. The number of nitrogens with zero attached hydrogens (tertiary/aromatic N) is 2. The van der Waals surface area contributed by atoms with E-state index >= 15 is 0 Å². The summed E-state index contributed by atoms with van der Waals surface area (Å²) in [4.78, 5) is 38.3. The van der Waals surface area contributed by atoms with E-state index in [-0.39, 0.29) is 18.4 Å². The van der Waals surface area contributed by atoms with Gasteiger partial charge in [-0.25, -0.2) is 4.79 Å². The maximum Gasteiger partial charge on any atom is 0.327 e. The minimum Gasteiger partial charge on any atom is -0.399 e. The van der Waals surface area contributed by atoms with E-state index < -0.39 is 11.6 Å². The summed E-state index contributed by atoms with van der Waals surface area (Å²) >= 11 is 0. The van der Waals surface area contributed by atoms with Crippen molar-refractivity contribution in [2.24, 2.45) is 0 Å². The Hall–Kier alpha value is -2.57. The summed E-state index contributed by atoms with van der Waals surface area (Å²) in [5.74, 6) is -0.697. The first-order valence-corrected chi connectivity index (χ1v) is 6.48. The van der Waals surface area contributed by atoms with Gasteiger partial charge in [-0.15, -0.1) is 0 Å². The van der Waals surface area contributed by atoms with Gasteiger partial charge in [0.2, 0.25) is 5.91 Å². The lowest BCUT2D eigenvalue weighted by atomic mass is 10.0. The number of carbonyl (C=O) groups excluding carboxylic acids is 3. The fraction of sp³-hybridized carbons (Fsp3) is 0.357. The van der Waals surface area contributed by atoms with Crippen LogP contribution < -0.4 is 11.1 Å². The SMILES string of the molecule is CN1C(=O)N(CC(=O)Nc2ccc(N)cc2)C(C)(C)C1=O. The number of hydrogen-bond acceptors (Lipinski definition) is 4. The fourth-order valence-corrected chi connectivity index (χ4v) is 2.21. The molecule has 112 valence electrons. The first-order valence-electron chi connectivity index (χ1n) is 6.48. The molecule has 4 amide bonds. The van der Waals surface area contributed by atoms with Gasteiger partial charge >= 0.3 is 6.03 Å². The first kappa shape index (κ1) is 14.8. The zero-order valence-electron chi connectivity index (χ0n) is 12.2. The number of amides is 4. The highest BCUT2D eigenvalue weighted by molar-refractivity contribution is 6.08. The lowest BCUT2D eigenvalue weighted by Crippen LogP contribution is -2.47. The summed E-state index contributed by atoms with van der Waals surface area (Å²) in [7, 11) is 1.41. The third kappa shape index (κ3) is 2.67. The lowest BCUT2D eigenvalue weighted by Gasteiger charge is -2.27. The van der Waals surface area contributed by atoms with E-state index in [1.807, 2.05) is 0 Å². The molecular formula is C14H18N4O3. The Bertz CT molecular complexity index is 595. The molecule has 2 rings (SSSR count). The molecule has 1 aromatic carbocycles. The third-order valence-electron chi connectivity index (χ3n) is 3.52. The van der Waals surface area contributed by atoms with Gasteiger partial charge in [-0.2, -0.15) is 0 Å². The van der Waals surface area contributed by atoms with E-state index in [0.717, 1.165) is 4.90 Å². The van der Waals surface area contributed by atoms with E-state index in [1.165, 1.54) is 11.9 Å². The molecule has 0 bridgehead atoms. The van der Waals surface area contributed by atoms with Gasteiger partial charge in [0.1, 0.15) is 12.1 Å². The largest absolute Gasteiger partial charge is 0.399 e. The molecule has 7 heteroatoms. The number of rotatable bonds is 3. The average Bonchev–Trinajstić information content (AvgIpc) is 2.56. The van der Waals surface area contributed by atoms with Crippen LogP contribution in [0.1, 0.15) is 13.8 Å². The number of benzene rings is 1. The molecule has 1 aliphatic heterocycles. The molecule has 1 aromatic rings. The molecular weight excluding hydrogens is 272 g/mol. The molecule has 1 aliphatic rings. The van der Waals surface area contributed by atoms with Crippen molar-refractivity contribution in [2.75, 3.05) is 24.6 Å². The van der Waals surface area contributed by atoms with Crippen LogP contribution in [-0.4, -0.2) is 46.8 Å². The molecule has 0 aromatic heterocycles. The monoisotopic (exact) mass is 290 g/mol. The predicted molar refractivity (Wildman–Crippen MR) is 78.4 cm³/mol. The van der Waals surface area contributed by atoms with Crippen LogP contribution in [0, 0.1) is 0 Å². The smallest absolute Gasteiger partial charge is 0.327 e. The van der Waals surface area contributed by atoms with Crippen molar-refractivity contribution in [3.8, 4) is 0 Å². The number of nitrogens with two attached hydrogens (primary N) is 1. The molecule has 0 atom stereocenters. The van der Waals surface area contributed by atoms with Crippen molar-refractivity contribution in [1.29, 1.82) is 0 Å². The molecule has 0 saturated carbocycles. The van der Waals surface area contributed by atoms with Crippen LogP contribution in [0.25, 0.3) is 0 Å². The van der Waals surface area contributed by atoms with Crippen molar-refractivity contribution in [3.63, 3.8) is 0 Å².